The first-order valence-corrected chi connectivity index (χ1v) is 9.17. The molecule has 1 aromatic carbocycles. The van der Waals surface area contributed by atoms with Crippen LogP contribution in [-0.4, -0.2) is 35.4 Å². The maximum atomic E-state index is 12.9. The highest BCUT2D eigenvalue weighted by Crippen LogP contribution is 2.27. The summed E-state index contributed by atoms with van der Waals surface area (Å²) in [6, 6.07) is 14.7. The van der Waals surface area contributed by atoms with Gasteiger partial charge in [-0.2, -0.15) is 5.10 Å². The molecule has 0 saturated heterocycles. The molecule has 0 spiro atoms. The lowest BCUT2D eigenvalue weighted by Gasteiger charge is -2.09. The van der Waals surface area contributed by atoms with E-state index in [1.807, 2.05) is 37.3 Å². The van der Waals surface area contributed by atoms with Gasteiger partial charge in [-0.3, -0.25) is 20.0 Å². The van der Waals surface area contributed by atoms with Gasteiger partial charge in [0, 0.05) is 18.6 Å². The molecule has 1 amide bonds. The van der Waals surface area contributed by atoms with Crippen LogP contribution >= 0.6 is 0 Å². The SMILES string of the molecule is Cc1nn2c(nnc3c(=O)n(NC(=O)c4cccnc4)ccc32)c1-c1ccccc1. The molecule has 5 rings (SSSR count). The first kappa shape index (κ1) is 17.7. The maximum Gasteiger partial charge on any atom is 0.299 e. The third-order valence-electron chi connectivity index (χ3n) is 4.76. The number of hydrogen-bond donors (Lipinski definition) is 1. The Labute approximate surface area is 169 Å². The van der Waals surface area contributed by atoms with Crippen molar-refractivity contribution in [3.05, 3.63) is 88.7 Å². The summed E-state index contributed by atoms with van der Waals surface area (Å²) in [6.45, 7) is 1.89. The molecule has 146 valence electrons. The third kappa shape index (κ3) is 2.80. The van der Waals surface area contributed by atoms with Gasteiger partial charge in [0.15, 0.2) is 11.2 Å². The van der Waals surface area contributed by atoms with E-state index >= 15 is 0 Å². The number of amides is 1. The van der Waals surface area contributed by atoms with Crippen LogP contribution in [0.2, 0.25) is 0 Å². The lowest BCUT2D eigenvalue weighted by molar-refractivity contribution is 0.101. The summed E-state index contributed by atoms with van der Waals surface area (Å²) < 4.78 is 2.68. The number of aromatic nitrogens is 6. The van der Waals surface area contributed by atoms with Crippen molar-refractivity contribution in [3.63, 3.8) is 0 Å². The van der Waals surface area contributed by atoms with Crippen LogP contribution < -0.4 is 11.0 Å². The van der Waals surface area contributed by atoms with Crippen LogP contribution in [0, 0.1) is 6.92 Å². The highest BCUT2D eigenvalue weighted by molar-refractivity contribution is 5.99. The van der Waals surface area contributed by atoms with Gasteiger partial charge in [0.2, 0.25) is 0 Å². The number of benzene rings is 1. The zero-order valence-electron chi connectivity index (χ0n) is 15.9. The molecule has 30 heavy (non-hydrogen) atoms. The topological polar surface area (TPSA) is 107 Å². The molecule has 9 heteroatoms. The second-order valence-electron chi connectivity index (χ2n) is 6.67. The Morgan fingerprint density at radius 2 is 1.87 bits per heavy atom. The number of aryl methyl sites for hydroxylation is 1. The standard InChI is InChI=1S/C21H15N7O2/c1-13-17(14-6-3-2-4-7-14)19-24-23-18-16(28(19)25-13)9-11-27(21(18)30)26-20(29)15-8-5-10-22-12-15/h2-12H,1H3,(H,26,29). The van der Waals surface area contributed by atoms with Gasteiger partial charge >= 0.3 is 0 Å². The first-order valence-electron chi connectivity index (χ1n) is 9.17. The summed E-state index contributed by atoms with van der Waals surface area (Å²) in [7, 11) is 0. The summed E-state index contributed by atoms with van der Waals surface area (Å²) in [6.07, 6.45) is 4.46. The fraction of sp³-hybridized carbons (Fsp3) is 0.0476. The molecule has 0 aliphatic rings. The van der Waals surface area contributed by atoms with Gasteiger partial charge < -0.3 is 0 Å². The molecular weight excluding hydrogens is 382 g/mol. The molecule has 0 unspecified atom stereocenters. The number of hydrogen-bond acceptors (Lipinski definition) is 6. The zero-order valence-corrected chi connectivity index (χ0v) is 15.9. The number of nitrogens with one attached hydrogen (secondary N) is 1. The van der Waals surface area contributed by atoms with Gasteiger partial charge in [-0.15, -0.1) is 10.2 Å². The molecule has 0 fully saturated rings. The average molecular weight is 397 g/mol. The number of carbonyl (C=O) groups is 1. The zero-order chi connectivity index (χ0) is 20.7. The van der Waals surface area contributed by atoms with Crippen molar-refractivity contribution >= 4 is 22.6 Å². The second kappa shape index (κ2) is 6.89. The Morgan fingerprint density at radius 3 is 2.63 bits per heavy atom. The molecular formula is C21H15N7O2. The summed E-state index contributed by atoms with van der Waals surface area (Å²) in [5.41, 5.74) is 6.13. The Morgan fingerprint density at radius 1 is 1.03 bits per heavy atom. The molecule has 9 nitrogen and oxygen atoms in total. The van der Waals surface area contributed by atoms with Gasteiger partial charge in [0.1, 0.15) is 5.52 Å². The van der Waals surface area contributed by atoms with Crippen molar-refractivity contribution in [2.75, 3.05) is 5.43 Å². The van der Waals surface area contributed by atoms with Crippen LogP contribution in [0.1, 0.15) is 16.1 Å². The minimum absolute atomic E-state index is 0.0959. The van der Waals surface area contributed by atoms with Crippen molar-refractivity contribution in [2.45, 2.75) is 6.92 Å². The van der Waals surface area contributed by atoms with Gasteiger partial charge in [-0.05, 0) is 30.7 Å². The first-order chi connectivity index (χ1) is 14.6. The number of nitrogens with zero attached hydrogens (tertiary/aromatic N) is 6. The highest BCUT2D eigenvalue weighted by atomic mass is 16.2. The van der Waals surface area contributed by atoms with Crippen molar-refractivity contribution < 1.29 is 4.79 Å². The summed E-state index contributed by atoms with van der Waals surface area (Å²) in [4.78, 5) is 29.2. The normalized spacial score (nSPS) is 11.1. The fourth-order valence-corrected chi connectivity index (χ4v) is 3.35. The van der Waals surface area contributed by atoms with E-state index in [4.69, 9.17) is 0 Å². The minimum Gasteiger partial charge on any atom is -0.267 e. The average Bonchev–Trinajstić information content (AvgIpc) is 3.13. The number of carbonyl (C=O) groups excluding carboxylic acids is 1. The molecule has 0 radical (unpaired) electrons. The molecule has 5 aromatic rings. The van der Waals surface area contributed by atoms with E-state index in [2.05, 4.69) is 25.7 Å². The van der Waals surface area contributed by atoms with E-state index in [0.717, 1.165) is 21.5 Å². The Hall–Kier alpha value is -4.40. The molecule has 4 heterocycles. The quantitative estimate of drug-likeness (QED) is 0.500. The molecule has 0 atom stereocenters. The van der Waals surface area contributed by atoms with Crippen LogP contribution in [0.5, 0.6) is 0 Å². The second-order valence-corrected chi connectivity index (χ2v) is 6.67. The largest absolute Gasteiger partial charge is 0.299 e. The smallest absolute Gasteiger partial charge is 0.267 e. The molecule has 4 aromatic heterocycles. The molecule has 0 bridgehead atoms. The van der Waals surface area contributed by atoms with Crippen molar-refractivity contribution in [1.29, 1.82) is 0 Å². The predicted molar refractivity (Wildman–Crippen MR) is 111 cm³/mol. The summed E-state index contributed by atoms with van der Waals surface area (Å²) in [5.74, 6) is -0.458. The summed E-state index contributed by atoms with van der Waals surface area (Å²) in [5, 5.41) is 13.0. The molecule has 1 N–H and O–H groups in total. The molecule has 0 aliphatic heterocycles. The highest BCUT2D eigenvalue weighted by Gasteiger charge is 2.17. The van der Waals surface area contributed by atoms with Crippen LogP contribution in [0.15, 0.2) is 71.9 Å². The summed E-state index contributed by atoms with van der Waals surface area (Å²) >= 11 is 0. The van der Waals surface area contributed by atoms with Crippen molar-refractivity contribution in [1.82, 2.24) is 29.5 Å². The van der Waals surface area contributed by atoms with E-state index in [1.54, 1.807) is 28.9 Å². The number of fused-ring (bicyclic) bond motifs is 3. The Bertz CT molecular complexity index is 1460. The number of rotatable bonds is 3. The maximum absolute atomic E-state index is 12.9. The van der Waals surface area contributed by atoms with Gasteiger partial charge in [-0.1, -0.05) is 30.3 Å². The van der Waals surface area contributed by atoms with E-state index in [0.29, 0.717) is 16.7 Å². The van der Waals surface area contributed by atoms with Crippen LogP contribution in [0.4, 0.5) is 0 Å². The van der Waals surface area contributed by atoms with Crippen LogP contribution in [0.25, 0.3) is 27.8 Å². The van der Waals surface area contributed by atoms with E-state index in [-0.39, 0.29) is 5.52 Å². The van der Waals surface area contributed by atoms with E-state index < -0.39 is 11.5 Å². The van der Waals surface area contributed by atoms with Crippen LogP contribution in [0.3, 0.4) is 0 Å². The van der Waals surface area contributed by atoms with Crippen molar-refractivity contribution in [2.24, 2.45) is 0 Å². The van der Waals surface area contributed by atoms with Gasteiger partial charge in [0.05, 0.1) is 16.8 Å². The van der Waals surface area contributed by atoms with Gasteiger partial charge in [-0.25, -0.2) is 9.19 Å². The van der Waals surface area contributed by atoms with E-state index in [9.17, 15) is 9.59 Å². The Kier molecular flexibility index (Phi) is 4.06. The minimum atomic E-state index is -0.506. The lowest BCUT2D eigenvalue weighted by Crippen LogP contribution is -2.33. The van der Waals surface area contributed by atoms with Crippen molar-refractivity contribution in [3.8, 4) is 11.1 Å². The fourth-order valence-electron chi connectivity index (χ4n) is 3.35. The monoisotopic (exact) mass is 397 g/mol. The Balaban J connectivity index is 1.62. The number of pyridine rings is 2. The third-order valence-corrected chi connectivity index (χ3v) is 4.76. The van der Waals surface area contributed by atoms with E-state index in [1.165, 1.54) is 12.4 Å². The predicted octanol–water partition coefficient (Wildman–Crippen LogP) is 2.19. The van der Waals surface area contributed by atoms with Crippen LogP contribution in [-0.2, 0) is 0 Å². The lowest BCUT2D eigenvalue weighted by atomic mass is 10.1. The molecule has 0 aliphatic carbocycles. The molecule has 0 saturated carbocycles. The van der Waals surface area contributed by atoms with Gasteiger partial charge in [0.25, 0.3) is 11.5 Å².